The van der Waals surface area contributed by atoms with E-state index in [2.05, 4.69) is 27.7 Å². The fourth-order valence-electron chi connectivity index (χ4n) is 2.53. The Kier molecular flexibility index (Phi) is 6.27. The van der Waals surface area contributed by atoms with Crippen LogP contribution in [-0.2, 0) is 0 Å². The molecule has 0 saturated carbocycles. The summed E-state index contributed by atoms with van der Waals surface area (Å²) in [7, 11) is 2.03. The average Bonchev–Trinajstić information content (AvgIpc) is 3.37. The molecule has 0 bridgehead atoms. The van der Waals surface area contributed by atoms with Gasteiger partial charge in [0.1, 0.15) is 0 Å². The Morgan fingerprint density at radius 3 is 2.59 bits per heavy atom. The van der Waals surface area contributed by atoms with Crippen LogP contribution in [0, 0.1) is 0 Å². The molecular weight excluding hydrogens is 362 g/mol. The van der Waals surface area contributed by atoms with E-state index in [0.717, 1.165) is 18.7 Å². The van der Waals surface area contributed by atoms with Gasteiger partial charge in [0.05, 0.1) is 16.1 Å². The van der Waals surface area contributed by atoms with Crippen LogP contribution in [0.1, 0.15) is 26.6 Å². The summed E-state index contributed by atoms with van der Waals surface area (Å²) >= 11 is 1.23. The van der Waals surface area contributed by atoms with E-state index in [4.69, 9.17) is 4.42 Å². The van der Waals surface area contributed by atoms with Gasteiger partial charge in [-0.05, 0) is 42.8 Å². The van der Waals surface area contributed by atoms with Crippen LogP contribution in [-0.4, -0.2) is 32.0 Å². The molecule has 6 nitrogen and oxygen atoms in total. The molecule has 2 aromatic heterocycles. The van der Waals surface area contributed by atoms with Crippen molar-refractivity contribution in [3.8, 4) is 0 Å². The molecule has 0 radical (unpaired) electrons. The van der Waals surface area contributed by atoms with Crippen molar-refractivity contribution in [3.63, 3.8) is 0 Å². The number of carbonyl (C=O) groups is 2. The highest BCUT2D eigenvalue weighted by Crippen LogP contribution is 2.22. The quantitative estimate of drug-likeness (QED) is 0.580. The van der Waals surface area contributed by atoms with E-state index in [1.807, 2.05) is 25.2 Å². The lowest BCUT2D eigenvalue weighted by Crippen LogP contribution is -2.27. The number of benzene rings is 1. The van der Waals surface area contributed by atoms with Crippen LogP contribution < -0.4 is 15.5 Å². The summed E-state index contributed by atoms with van der Waals surface area (Å²) in [6, 6.07) is 16.8. The molecule has 0 aliphatic heterocycles. The summed E-state index contributed by atoms with van der Waals surface area (Å²) < 4.78 is 5.05. The molecule has 1 aromatic carbocycles. The molecule has 2 N–H and O–H groups in total. The van der Waals surface area contributed by atoms with Gasteiger partial charge in [-0.3, -0.25) is 9.59 Å². The molecule has 27 heavy (non-hydrogen) atoms. The molecule has 2 amide bonds. The predicted molar refractivity (Wildman–Crippen MR) is 108 cm³/mol. The van der Waals surface area contributed by atoms with Crippen molar-refractivity contribution in [1.29, 1.82) is 0 Å². The van der Waals surface area contributed by atoms with Crippen molar-refractivity contribution < 1.29 is 14.0 Å². The molecule has 0 aliphatic carbocycles. The van der Waals surface area contributed by atoms with E-state index < -0.39 is 0 Å². The third kappa shape index (κ3) is 5.21. The van der Waals surface area contributed by atoms with Gasteiger partial charge in [0.25, 0.3) is 11.8 Å². The van der Waals surface area contributed by atoms with E-state index in [1.54, 1.807) is 24.3 Å². The summed E-state index contributed by atoms with van der Waals surface area (Å²) in [4.78, 5) is 26.9. The van der Waals surface area contributed by atoms with E-state index in [9.17, 15) is 9.59 Å². The van der Waals surface area contributed by atoms with Crippen LogP contribution in [0.2, 0.25) is 0 Å². The van der Waals surface area contributed by atoms with Gasteiger partial charge in [-0.1, -0.05) is 18.2 Å². The first kappa shape index (κ1) is 18.7. The second kappa shape index (κ2) is 9.05. The van der Waals surface area contributed by atoms with Gasteiger partial charge >= 0.3 is 0 Å². The number of nitrogens with zero attached hydrogens (tertiary/aromatic N) is 1. The number of amides is 2. The zero-order valence-corrected chi connectivity index (χ0v) is 15.8. The van der Waals surface area contributed by atoms with Crippen LogP contribution in [0.3, 0.4) is 0 Å². The highest BCUT2D eigenvalue weighted by atomic mass is 32.1. The molecule has 0 saturated heterocycles. The van der Waals surface area contributed by atoms with Crippen molar-refractivity contribution in [2.24, 2.45) is 0 Å². The van der Waals surface area contributed by atoms with Crippen LogP contribution in [0.25, 0.3) is 0 Å². The number of hydrogen-bond donors (Lipinski definition) is 2. The maximum absolute atomic E-state index is 12.2. The molecule has 3 aromatic rings. The predicted octanol–water partition coefficient (Wildman–Crippen LogP) is 3.85. The van der Waals surface area contributed by atoms with Crippen LogP contribution in [0.4, 0.5) is 10.7 Å². The lowest BCUT2D eigenvalue weighted by Gasteiger charge is -2.19. The van der Waals surface area contributed by atoms with Crippen molar-refractivity contribution >= 4 is 33.8 Å². The SMILES string of the molecule is CN(CCCNC(=O)c1ccc(NC(=O)c2ccco2)s1)c1ccccc1. The Bertz CT molecular complexity index is 875. The summed E-state index contributed by atoms with van der Waals surface area (Å²) in [5, 5.41) is 6.23. The Balaban J connectivity index is 1.42. The molecule has 0 unspecified atom stereocenters. The van der Waals surface area contributed by atoms with E-state index in [-0.39, 0.29) is 17.6 Å². The van der Waals surface area contributed by atoms with Gasteiger partial charge in [0.2, 0.25) is 0 Å². The van der Waals surface area contributed by atoms with Crippen molar-refractivity contribution in [3.05, 3.63) is 71.5 Å². The molecule has 3 rings (SSSR count). The molecule has 7 heteroatoms. The Morgan fingerprint density at radius 2 is 1.85 bits per heavy atom. The summed E-state index contributed by atoms with van der Waals surface area (Å²) in [5.41, 5.74) is 1.15. The molecule has 140 valence electrons. The zero-order chi connectivity index (χ0) is 19.1. The number of carbonyl (C=O) groups excluding carboxylic acids is 2. The number of anilines is 2. The number of furan rings is 1. The first-order chi connectivity index (χ1) is 13.1. The van der Waals surface area contributed by atoms with Gasteiger partial charge in [-0.15, -0.1) is 11.3 Å². The van der Waals surface area contributed by atoms with Gasteiger partial charge in [0, 0.05) is 25.8 Å². The molecule has 0 fully saturated rings. The average molecular weight is 383 g/mol. The third-order valence-electron chi connectivity index (χ3n) is 3.96. The van der Waals surface area contributed by atoms with Crippen LogP contribution in [0.5, 0.6) is 0 Å². The lowest BCUT2D eigenvalue weighted by molar-refractivity contribution is 0.0956. The number of thiophene rings is 1. The smallest absolute Gasteiger partial charge is 0.291 e. The fourth-order valence-corrected chi connectivity index (χ4v) is 3.34. The van der Waals surface area contributed by atoms with E-state index in [0.29, 0.717) is 16.4 Å². The number of hydrogen-bond acceptors (Lipinski definition) is 5. The Hall–Kier alpha value is -3.06. The Morgan fingerprint density at radius 1 is 1.04 bits per heavy atom. The maximum Gasteiger partial charge on any atom is 0.291 e. The Labute approximate surface area is 161 Å². The maximum atomic E-state index is 12.2. The van der Waals surface area contributed by atoms with Gasteiger partial charge < -0.3 is 20.0 Å². The first-order valence-corrected chi connectivity index (χ1v) is 9.44. The van der Waals surface area contributed by atoms with Crippen LogP contribution >= 0.6 is 11.3 Å². The largest absolute Gasteiger partial charge is 0.459 e. The van der Waals surface area contributed by atoms with Crippen molar-refractivity contribution in [2.45, 2.75) is 6.42 Å². The highest BCUT2D eigenvalue weighted by molar-refractivity contribution is 7.18. The van der Waals surface area contributed by atoms with Gasteiger partial charge in [0.15, 0.2) is 5.76 Å². The number of para-hydroxylation sites is 1. The van der Waals surface area contributed by atoms with Crippen molar-refractivity contribution in [1.82, 2.24) is 5.32 Å². The summed E-state index contributed by atoms with van der Waals surface area (Å²) in [6.45, 7) is 1.43. The highest BCUT2D eigenvalue weighted by Gasteiger charge is 2.13. The topological polar surface area (TPSA) is 74.6 Å². The summed E-state index contributed by atoms with van der Waals surface area (Å²) in [6.07, 6.45) is 2.28. The fraction of sp³-hybridized carbons (Fsp3) is 0.200. The van der Waals surface area contributed by atoms with Gasteiger partial charge in [-0.25, -0.2) is 0 Å². The minimum Gasteiger partial charge on any atom is -0.459 e. The normalized spacial score (nSPS) is 10.4. The molecule has 0 spiro atoms. The number of rotatable bonds is 8. The van der Waals surface area contributed by atoms with E-state index >= 15 is 0 Å². The minimum atomic E-state index is -0.335. The van der Waals surface area contributed by atoms with E-state index in [1.165, 1.54) is 17.6 Å². The monoisotopic (exact) mass is 383 g/mol. The van der Waals surface area contributed by atoms with Crippen molar-refractivity contribution in [2.75, 3.05) is 30.4 Å². The molecule has 0 aliphatic rings. The molecular formula is C20H21N3O3S. The second-order valence-corrected chi connectivity index (χ2v) is 7.05. The molecule has 2 heterocycles. The standard InChI is InChI=1S/C20H21N3O3S/c1-23(15-7-3-2-4-8-15)13-6-12-21-20(25)17-10-11-18(27-17)22-19(24)16-9-5-14-26-16/h2-5,7-11,14H,6,12-13H2,1H3,(H,21,25)(H,22,24). The lowest BCUT2D eigenvalue weighted by atomic mass is 10.3. The summed E-state index contributed by atoms with van der Waals surface area (Å²) in [5.74, 6) is -0.240. The minimum absolute atomic E-state index is 0.138. The van der Waals surface area contributed by atoms with Gasteiger partial charge in [-0.2, -0.15) is 0 Å². The second-order valence-electron chi connectivity index (χ2n) is 5.96. The zero-order valence-electron chi connectivity index (χ0n) is 15.0. The third-order valence-corrected chi connectivity index (χ3v) is 4.96. The number of nitrogens with one attached hydrogen (secondary N) is 2. The van der Waals surface area contributed by atoms with Crippen LogP contribution in [0.15, 0.2) is 65.3 Å². The molecule has 0 atom stereocenters. The first-order valence-electron chi connectivity index (χ1n) is 8.62.